The average molecular weight is 473 g/mol. The van der Waals surface area contributed by atoms with Crippen molar-refractivity contribution >= 4 is 40.9 Å². The van der Waals surface area contributed by atoms with Crippen LogP contribution in [0.2, 0.25) is 0 Å². The van der Waals surface area contributed by atoms with E-state index in [0.717, 1.165) is 35.2 Å². The fourth-order valence-corrected chi connectivity index (χ4v) is 4.06. The van der Waals surface area contributed by atoms with Gasteiger partial charge < -0.3 is 20.3 Å². The Balaban J connectivity index is 1.21. The van der Waals surface area contributed by atoms with E-state index in [9.17, 15) is 14.4 Å². The Labute approximate surface area is 201 Å². The molecule has 10 nitrogen and oxygen atoms in total. The lowest BCUT2D eigenvalue weighted by Gasteiger charge is -2.28. The first-order chi connectivity index (χ1) is 17.0. The minimum Gasteiger partial charge on any atom is -0.378 e. The largest absolute Gasteiger partial charge is 0.378 e. The molecule has 0 saturated carbocycles. The molecule has 5 rings (SSSR count). The molecule has 1 saturated heterocycles. The summed E-state index contributed by atoms with van der Waals surface area (Å²) in [6.45, 7) is 4.48. The summed E-state index contributed by atoms with van der Waals surface area (Å²) in [5.41, 5.74) is 2.77. The van der Waals surface area contributed by atoms with Crippen molar-refractivity contribution < 1.29 is 19.1 Å². The molecular weight excluding hydrogens is 448 g/mol. The maximum absolute atomic E-state index is 12.5. The number of morpholine rings is 1. The molecular formula is C25H24N6O4. The van der Waals surface area contributed by atoms with Crippen molar-refractivity contribution in [3.05, 3.63) is 71.4 Å². The SMILES string of the molecule is Cc1cc(N2CCOCC2)nc(Nc2ccc(NC(=O)CN3C(=O)c4ccccc4C3=O)cc2)n1. The number of aryl methyl sites for hydroxylation is 1. The second-order valence-corrected chi connectivity index (χ2v) is 8.28. The van der Waals surface area contributed by atoms with Crippen molar-refractivity contribution in [1.29, 1.82) is 0 Å². The number of carbonyl (C=O) groups excluding carboxylic acids is 3. The van der Waals surface area contributed by atoms with E-state index >= 15 is 0 Å². The molecule has 1 aromatic heterocycles. The number of imide groups is 1. The monoisotopic (exact) mass is 472 g/mol. The highest BCUT2D eigenvalue weighted by atomic mass is 16.5. The van der Waals surface area contributed by atoms with E-state index in [2.05, 4.69) is 25.5 Å². The van der Waals surface area contributed by atoms with Crippen LogP contribution in [0.3, 0.4) is 0 Å². The molecule has 0 spiro atoms. The van der Waals surface area contributed by atoms with E-state index < -0.39 is 17.7 Å². The Morgan fingerprint density at radius 3 is 2.23 bits per heavy atom. The van der Waals surface area contributed by atoms with Gasteiger partial charge in [-0.2, -0.15) is 4.98 Å². The van der Waals surface area contributed by atoms with Crippen LogP contribution in [0.1, 0.15) is 26.4 Å². The van der Waals surface area contributed by atoms with Crippen molar-refractivity contribution in [3.63, 3.8) is 0 Å². The van der Waals surface area contributed by atoms with Gasteiger partial charge in [0.2, 0.25) is 11.9 Å². The van der Waals surface area contributed by atoms with Gasteiger partial charge in [-0.15, -0.1) is 0 Å². The molecule has 3 aromatic rings. The van der Waals surface area contributed by atoms with Gasteiger partial charge in [-0.1, -0.05) is 12.1 Å². The Morgan fingerprint density at radius 2 is 1.57 bits per heavy atom. The average Bonchev–Trinajstić information content (AvgIpc) is 3.10. The highest BCUT2D eigenvalue weighted by Gasteiger charge is 2.36. The van der Waals surface area contributed by atoms with Crippen molar-refractivity contribution in [2.24, 2.45) is 0 Å². The molecule has 2 aliphatic rings. The zero-order valence-electron chi connectivity index (χ0n) is 19.2. The quantitative estimate of drug-likeness (QED) is 0.526. The number of anilines is 4. The number of nitrogens with zero attached hydrogens (tertiary/aromatic N) is 4. The van der Waals surface area contributed by atoms with Gasteiger partial charge >= 0.3 is 0 Å². The molecule has 2 aliphatic heterocycles. The van der Waals surface area contributed by atoms with Gasteiger partial charge in [0.05, 0.1) is 24.3 Å². The van der Waals surface area contributed by atoms with E-state index in [1.807, 2.05) is 13.0 Å². The number of fused-ring (bicyclic) bond motifs is 1. The molecule has 0 unspecified atom stereocenters. The van der Waals surface area contributed by atoms with Crippen molar-refractivity contribution in [2.75, 3.05) is 48.4 Å². The maximum atomic E-state index is 12.5. The van der Waals surface area contributed by atoms with Crippen LogP contribution >= 0.6 is 0 Å². The second kappa shape index (κ2) is 9.51. The summed E-state index contributed by atoms with van der Waals surface area (Å²) in [6.07, 6.45) is 0. The zero-order valence-corrected chi connectivity index (χ0v) is 19.2. The number of benzene rings is 2. The highest BCUT2D eigenvalue weighted by Crippen LogP contribution is 2.23. The van der Waals surface area contributed by atoms with E-state index in [-0.39, 0.29) is 6.54 Å². The first kappa shape index (κ1) is 22.5. The molecule has 0 atom stereocenters. The molecule has 3 heterocycles. The number of nitrogens with one attached hydrogen (secondary N) is 2. The van der Waals surface area contributed by atoms with Gasteiger partial charge in [-0.3, -0.25) is 19.3 Å². The van der Waals surface area contributed by atoms with Crippen LogP contribution in [0.25, 0.3) is 0 Å². The summed E-state index contributed by atoms with van der Waals surface area (Å²) in [6, 6.07) is 15.5. The zero-order chi connectivity index (χ0) is 24.4. The molecule has 3 amide bonds. The minimum atomic E-state index is -0.463. The van der Waals surface area contributed by atoms with Crippen LogP contribution in [0.15, 0.2) is 54.6 Å². The lowest BCUT2D eigenvalue weighted by atomic mass is 10.1. The summed E-state index contributed by atoms with van der Waals surface area (Å²) < 4.78 is 5.41. The van der Waals surface area contributed by atoms with Gasteiger partial charge in [0.1, 0.15) is 12.4 Å². The first-order valence-electron chi connectivity index (χ1n) is 11.3. The highest BCUT2D eigenvalue weighted by molar-refractivity contribution is 6.22. The lowest BCUT2D eigenvalue weighted by molar-refractivity contribution is -0.116. The van der Waals surface area contributed by atoms with E-state index in [4.69, 9.17) is 4.74 Å². The van der Waals surface area contributed by atoms with Crippen LogP contribution in [0.5, 0.6) is 0 Å². The van der Waals surface area contributed by atoms with Gasteiger partial charge in [0, 0.05) is 36.2 Å². The third-order valence-electron chi connectivity index (χ3n) is 5.78. The maximum Gasteiger partial charge on any atom is 0.262 e. The van der Waals surface area contributed by atoms with Gasteiger partial charge in [0.15, 0.2) is 0 Å². The third-order valence-corrected chi connectivity index (χ3v) is 5.78. The molecule has 35 heavy (non-hydrogen) atoms. The molecule has 0 bridgehead atoms. The molecule has 0 aliphatic carbocycles. The van der Waals surface area contributed by atoms with Gasteiger partial charge in [0.25, 0.3) is 11.8 Å². The molecule has 178 valence electrons. The number of hydrogen-bond acceptors (Lipinski definition) is 8. The summed E-state index contributed by atoms with van der Waals surface area (Å²) in [7, 11) is 0. The normalized spacial score (nSPS) is 15.2. The number of amides is 3. The van der Waals surface area contributed by atoms with E-state index in [0.29, 0.717) is 36.0 Å². The number of carbonyl (C=O) groups is 3. The van der Waals surface area contributed by atoms with Crippen LogP contribution in [-0.2, 0) is 9.53 Å². The minimum absolute atomic E-state index is 0.316. The van der Waals surface area contributed by atoms with Crippen molar-refractivity contribution in [1.82, 2.24) is 14.9 Å². The van der Waals surface area contributed by atoms with Crippen LogP contribution in [0.4, 0.5) is 23.1 Å². The predicted molar refractivity (Wildman–Crippen MR) is 130 cm³/mol. The number of ether oxygens (including phenoxy) is 1. The molecule has 2 aromatic carbocycles. The van der Waals surface area contributed by atoms with Crippen LogP contribution in [0, 0.1) is 6.92 Å². The topological polar surface area (TPSA) is 117 Å². The number of hydrogen-bond donors (Lipinski definition) is 2. The van der Waals surface area contributed by atoms with Crippen LogP contribution in [-0.4, -0.2) is 65.4 Å². The smallest absolute Gasteiger partial charge is 0.262 e. The van der Waals surface area contributed by atoms with Gasteiger partial charge in [-0.25, -0.2) is 4.98 Å². The van der Waals surface area contributed by atoms with E-state index in [1.54, 1.807) is 48.5 Å². The van der Waals surface area contributed by atoms with Crippen molar-refractivity contribution in [2.45, 2.75) is 6.92 Å². The molecule has 2 N–H and O–H groups in total. The first-order valence-corrected chi connectivity index (χ1v) is 11.3. The van der Waals surface area contributed by atoms with Crippen LogP contribution < -0.4 is 15.5 Å². The molecule has 10 heteroatoms. The standard InChI is InChI=1S/C25H24N6O4/c1-16-14-21(30-10-12-35-13-11-30)29-25(26-16)28-18-8-6-17(7-9-18)27-22(32)15-31-23(33)19-4-2-3-5-20(19)24(31)34/h2-9,14H,10-13,15H2,1H3,(H,27,32)(H,26,28,29). The third kappa shape index (κ3) is 4.82. The Kier molecular flexibility index (Phi) is 6.11. The summed E-state index contributed by atoms with van der Waals surface area (Å²) in [4.78, 5) is 49.6. The second-order valence-electron chi connectivity index (χ2n) is 8.28. The summed E-state index contributed by atoms with van der Waals surface area (Å²) in [5.74, 6) is -0.0589. The summed E-state index contributed by atoms with van der Waals surface area (Å²) >= 11 is 0. The Hall–Kier alpha value is -4.31. The van der Waals surface area contributed by atoms with Crippen molar-refractivity contribution in [3.8, 4) is 0 Å². The number of aromatic nitrogens is 2. The van der Waals surface area contributed by atoms with E-state index in [1.165, 1.54) is 0 Å². The predicted octanol–water partition coefficient (Wildman–Crippen LogP) is 2.60. The Morgan fingerprint density at radius 1 is 0.943 bits per heavy atom. The molecule has 1 fully saturated rings. The fourth-order valence-electron chi connectivity index (χ4n) is 4.06. The summed E-state index contributed by atoms with van der Waals surface area (Å²) in [5, 5.41) is 5.92. The molecule has 0 radical (unpaired) electrons. The fraction of sp³-hybridized carbons (Fsp3) is 0.240. The van der Waals surface area contributed by atoms with Gasteiger partial charge in [-0.05, 0) is 43.3 Å². The lowest BCUT2D eigenvalue weighted by Crippen LogP contribution is -2.37. The Bertz CT molecular complexity index is 1250. The number of rotatable bonds is 6.